The van der Waals surface area contributed by atoms with Gasteiger partial charge in [0.25, 0.3) is 0 Å². The van der Waals surface area contributed by atoms with Crippen LogP contribution in [0.3, 0.4) is 0 Å². The lowest BCUT2D eigenvalue weighted by molar-refractivity contribution is -0.120. The van der Waals surface area contributed by atoms with E-state index < -0.39 is 40.2 Å². The Hall–Kier alpha value is -2.68. The van der Waals surface area contributed by atoms with Crippen LogP contribution in [0.1, 0.15) is 18.5 Å². The van der Waals surface area contributed by atoms with Crippen LogP contribution >= 0.6 is 0 Å². The monoisotopic (exact) mass is 398 g/mol. The fourth-order valence-electron chi connectivity index (χ4n) is 2.56. The van der Waals surface area contributed by atoms with Gasteiger partial charge in [0.15, 0.2) is 11.6 Å². The molecule has 2 aromatic carbocycles. The smallest absolute Gasteiger partial charge is 0.241 e. The molecular weight excluding hydrogens is 378 g/mol. The van der Waals surface area contributed by atoms with Gasteiger partial charge in [-0.1, -0.05) is 18.2 Å². The molecule has 0 aliphatic carbocycles. The zero-order valence-corrected chi connectivity index (χ0v) is 15.9. The van der Waals surface area contributed by atoms with Crippen molar-refractivity contribution in [3.63, 3.8) is 0 Å². The zero-order valence-electron chi connectivity index (χ0n) is 15.1. The number of rotatable bonds is 7. The molecule has 27 heavy (non-hydrogen) atoms. The SMILES string of the molecule is COc1ccccc1[C@H](C)NC(=O)CN(c1ccc(F)c(F)c1)S(C)(=O)=O. The molecule has 0 saturated heterocycles. The molecule has 0 spiro atoms. The summed E-state index contributed by atoms with van der Waals surface area (Å²) in [7, 11) is -2.40. The highest BCUT2D eigenvalue weighted by atomic mass is 32.2. The first-order chi connectivity index (χ1) is 12.6. The summed E-state index contributed by atoms with van der Waals surface area (Å²) < 4.78 is 56.6. The molecule has 0 aliphatic rings. The van der Waals surface area contributed by atoms with Gasteiger partial charge in [0, 0.05) is 11.6 Å². The van der Waals surface area contributed by atoms with Crippen LogP contribution in [0.4, 0.5) is 14.5 Å². The number of sulfonamides is 1. The number of nitrogens with zero attached hydrogens (tertiary/aromatic N) is 1. The van der Waals surface area contributed by atoms with Crippen LogP contribution in [-0.2, 0) is 14.8 Å². The molecule has 0 bridgehead atoms. The average molecular weight is 398 g/mol. The third kappa shape index (κ3) is 5.16. The zero-order chi connectivity index (χ0) is 20.2. The second-order valence-electron chi connectivity index (χ2n) is 5.90. The Labute approximate surface area is 156 Å². The first kappa shape index (κ1) is 20.6. The second kappa shape index (κ2) is 8.34. The second-order valence-corrected chi connectivity index (χ2v) is 7.81. The van der Waals surface area contributed by atoms with Crippen molar-refractivity contribution in [1.29, 1.82) is 0 Å². The van der Waals surface area contributed by atoms with E-state index in [1.54, 1.807) is 31.2 Å². The van der Waals surface area contributed by atoms with Crippen molar-refractivity contribution < 1.29 is 26.7 Å². The maximum Gasteiger partial charge on any atom is 0.241 e. The van der Waals surface area contributed by atoms with E-state index in [0.717, 1.165) is 24.5 Å². The van der Waals surface area contributed by atoms with Crippen molar-refractivity contribution in [3.8, 4) is 5.75 Å². The number of benzene rings is 2. The Morgan fingerprint density at radius 3 is 2.44 bits per heavy atom. The fraction of sp³-hybridized carbons (Fsp3) is 0.278. The molecule has 0 heterocycles. The highest BCUT2D eigenvalue weighted by Gasteiger charge is 2.23. The number of carbonyl (C=O) groups excluding carboxylic acids is 1. The quantitative estimate of drug-likeness (QED) is 0.778. The molecule has 9 heteroatoms. The minimum Gasteiger partial charge on any atom is -0.496 e. The third-order valence-electron chi connectivity index (χ3n) is 3.86. The van der Waals surface area contributed by atoms with Crippen LogP contribution in [0.15, 0.2) is 42.5 Å². The summed E-state index contributed by atoms with van der Waals surface area (Å²) in [5.41, 5.74) is 0.573. The number of amides is 1. The van der Waals surface area contributed by atoms with Crippen molar-refractivity contribution in [3.05, 3.63) is 59.7 Å². The number of nitrogens with one attached hydrogen (secondary N) is 1. The molecule has 1 N–H and O–H groups in total. The Morgan fingerprint density at radius 2 is 1.85 bits per heavy atom. The van der Waals surface area contributed by atoms with Gasteiger partial charge in [-0.3, -0.25) is 9.10 Å². The largest absolute Gasteiger partial charge is 0.496 e. The molecule has 1 atom stereocenters. The normalized spacial score (nSPS) is 12.3. The first-order valence-corrected chi connectivity index (χ1v) is 9.83. The molecular formula is C18H20F2N2O4S. The Kier molecular flexibility index (Phi) is 6.37. The van der Waals surface area contributed by atoms with Crippen molar-refractivity contribution in [2.45, 2.75) is 13.0 Å². The summed E-state index contributed by atoms with van der Waals surface area (Å²) in [5, 5.41) is 2.68. The molecule has 0 unspecified atom stereocenters. The van der Waals surface area contributed by atoms with Gasteiger partial charge in [-0.2, -0.15) is 0 Å². The number of hydrogen-bond donors (Lipinski definition) is 1. The first-order valence-electron chi connectivity index (χ1n) is 7.98. The molecule has 0 fully saturated rings. The van der Waals surface area contributed by atoms with Crippen LogP contribution in [0.2, 0.25) is 0 Å². The van der Waals surface area contributed by atoms with Gasteiger partial charge in [0.2, 0.25) is 15.9 Å². The van der Waals surface area contributed by atoms with E-state index >= 15 is 0 Å². The number of halogens is 2. The molecule has 2 rings (SSSR count). The Balaban J connectivity index is 2.20. The van der Waals surface area contributed by atoms with Crippen LogP contribution in [0.5, 0.6) is 5.75 Å². The molecule has 146 valence electrons. The van der Waals surface area contributed by atoms with Crippen LogP contribution in [0, 0.1) is 11.6 Å². The predicted molar refractivity (Wildman–Crippen MR) is 98.1 cm³/mol. The lowest BCUT2D eigenvalue weighted by Crippen LogP contribution is -2.41. The highest BCUT2D eigenvalue weighted by molar-refractivity contribution is 7.92. The standard InChI is InChI=1S/C18H20F2N2O4S/c1-12(14-6-4-5-7-17(14)26-2)21-18(23)11-22(27(3,24)25)13-8-9-15(19)16(20)10-13/h4-10,12H,11H2,1-3H3,(H,21,23)/t12-/m0/s1. The molecule has 1 amide bonds. The van der Waals surface area contributed by atoms with Gasteiger partial charge in [0.1, 0.15) is 12.3 Å². The summed E-state index contributed by atoms with van der Waals surface area (Å²) >= 11 is 0. The highest BCUT2D eigenvalue weighted by Crippen LogP contribution is 2.25. The maximum absolute atomic E-state index is 13.5. The number of hydrogen-bond acceptors (Lipinski definition) is 4. The molecule has 0 aromatic heterocycles. The van der Waals surface area contributed by atoms with Gasteiger partial charge in [0.05, 0.1) is 25.1 Å². The summed E-state index contributed by atoms with van der Waals surface area (Å²) in [6, 6.07) is 9.24. The van der Waals surface area contributed by atoms with Gasteiger partial charge in [-0.05, 0) is 25.1 Å². The lowest BCUT2D eigenvalue weighted by atomic mass is 10.1. The molecule has 0 aliphatic heterocycles. The summed E-state index contributed by atoms with van der Waals surface area (Å²) in [6.07, 6.45) is 0.880. The van der Waals surface area contributed by atoms with E-state index in [9.17, 15) is 22.0 Å². The maximum atomic E-state index is 13.5. The molecule has 2 aromatic rings. The van der Waals surface area contributed by atoms with Crippen LogP contribution in [0.25, 0.3) is 0 Å². The Morgan fingerprint density at radius 1 is 1.19 bits per heavy atom. The molecule has 6 nitrogen and oxygen atoms in total. The van der Waals surface area contributed by atoms with E-state index in [0.29, 0.717) is 15.6 Å². The van der Waals surface area contributed by atoms with E-state index in [-0.39, 0.29) is 5.69 Å². The van der Waals surface area contributed by atoms with Crippen molar-refractivity contribution in [1.82, 2.24) is 5.32 Å². The Bertz CT molecular complexity index is 935. The molecule has 0 radical (unpaired) electrons. The fourth-order valence-corrected chi connectivity index (χ4v) is 3.41. The number of ether oxygens (including phenoxy) is 1. The predicted octanol–water partition coefficient (Wildman–Crippen LogP) is 2.62. The number of para-hydroxylation sites is 1. The van der Waals surface area contributed by atoms with Crippen molar-refractivity contribution >= 4 is 21.6 Å². The minimum absolute atomic E-state index is 0.142. The molecule has 0 saturated carbocycles. The van der Waals surface area contributed by atoms with E-state index in [2.05, 4.69) is 5.32 Å². The third-order valence-corrected chi connectivity index (χ3v) is 5.00. The summed E-state index contributed by atoms with van der Waals surface area (Å²) in [6.45, 7) is 1.14. The van der Waals surface area contributed by atoms with Gasteiger partial charge >= 0.3 is 0 Å². The van der Waals surface area contributed by atoms with E-state index in [1.165, 1.54) is 7.11 Å². The van der Waals surface area contributed by atoms with E-state index in [4.69, 9.17) is 4.74 Å². The van der Waals surface area contributed by atoms with Crippen LogP contribution < -0.4 is 14.4 Å². The summed E-state index contributed by atoms with van der Waals surface area (Å²) in [5.74, 6) is -2.35. The van der Waals surface area contributed by atoms with Crippen molar-refractivity contribution in [2.24, 2.45) is 0 Å². The summed E-state index contributed by atoms with van der Waals surface area (Å²) in [4.78, 5) is 12.4. The number of anilines is 1. The number of methoxy groups -OCH3 is 1. The average Bonchev–Trinajstić information content (AvgIpc) is 2.61. The van der Waals surface area contributed by atoms with Gasteiger partial charge < -0.3 is 10.1 Å². The van der Waals surface area contributed by atoms with Gasteiger partial charge in [-0.25, -0.2) is 17.2 Å². The van der Waals surface area contributed by atoms with Crippen LogP contribution in [-0.4, -0.2) is 34.2 Å². The minimum atomic E-state index is -3.90. The van der Waals surface area contributed by atoms with Crippen molar-refractivity contribution in [2.75, 3.05) is 24.2 Å². The number of carbonyl (C=O) groups is 1. The lowest BCUT2D eigenvalue weighted by Gasteiger charge is -2.23. The topological polar surface area (TPSA) is 75.7 Å². The van der Waals surface area contributed by atoms with E-state index in [1.807, 2.05) is 0 Å². The van der Waals surface area contributed by atoms with Gasteiger partial charge in [-0.15, -0.1) is 0 Å².